The molecule has 4 heteroatoms. The van der Waals surface area contributed by atoms with Crippen LogP contribution in [0.2, 0.25) is 0 Å². The molecule has 0 spiro atoms. The summed E-state index contributed by atoms with van der Waals surface area (Å²) in [6, 6.07) is 24.9. The number of nitrogens with zero attached hydrogens (tertiary/aromatic N) is 1. The van der Waals surface area contributed by atoms with Gasteiger partial charge < -0.3 is 0 Å². The van der Waals surface area contributed by atoms with Crippen LogP contribution in [0.5, 0.6) is 0 Å². The van der Waals surface area contributed by atoms with Crippen molar-refractivity contribution in [3.63, 3.8) is 0 Å². The van der Waals surface area contributed by atoms with E-state index in [2.05, 4.69) is 0 Å². The highest BCUT2D eigenvalue weighted by molar-refractivity contribution is 7.89. The quantitative estimate of drug-likeness (QED) is 0.635. The van der Waals surface area contributed by atoms with Crippen LogP contribution in [0.25, 0.3) is 0 Å². The average Bonchev–Trinajstić information content (AvgIpc) is 2.62. The van der Waals surface area contributed by atoms with Gasteiger partial charge in [0, 0.05) is 13.1 Å². The van der Waals surface area contributed by atoms with E-state index in [1.165, 1.54) is 0 Å². The summed E-state index contributed by atoms with van der Waals surface area (Å²) in [5.74, 6) is 0. The van der Waals surface area contributed by atoms with Gasteiger partial charge in [-0.1, -0.05) is 78.4 Å². The van der Waals surface area contributed by atoms with Gasteiger partial charge in [0.1, 0.15) is 0 Å². The molecule has 3 aromatic rings. The summed E-state index contributed by atoms with van der Waals surface area (Å²) >= 11 is 0. The Bertz CT molecular complexity index is 926. The predicted octanol–water partition coefficient (Wildman–Crippen LogP) is 4.69. The molecule has 0 unspecified atom stereocenters. The molecule has 0 aliphatic carbocycles. The Hall–Kier alpha value is -2.43. The van der Waals surface area contributed by atoms with Crippen LogP contribution in [-0.4, -0.2) is 12.7 Å². The van der Waals surface area contributed by atoms with E-state index in [0.29, 0.717) is 18.0 Å². The fourth-order valence-corrected chi connectivity index (χ4v) is 4.65. The van der Waals surface area contributed by atoms with Gasteiger partial charge in [-0.3, -0.25) is 0 Å². The third-order valence-electron chi connectivity index (χ3n) is 4.35. The molecule has 0 aromatic heterocycles. The Labute approximate surface area is 156 Å². The van der Waals surface area contributed by atoms with E-state index in [9.17, 15) is 8.42 Å². The third kappa shape index (κ3) is 4.21. The monoisotopic (exact) mass is 365 g/mol. The van der Waals surface area contributed by atoms with E-state index < -0.39 is 10.0 Å². The molecule has 0 bridgehead atoms. The lowest BCUT2D eigenvalue weighted by molar-refractivity contribution is 0.401. The highest BCUT2D eigenvalue weighted by Crippen LogP contribution is 2.24. The molecule has 3 rings (SSSR count). The zero-order valence-electron chi connectivity index (χ0n) is 15.1. The largest absolute Gasteiger partial charge is 0.243 e. The van der Waals surface area contributed by atoms with Gasteiger partial charge >= 0.3 is 0 Å². The van der Waals surface area contributed by atoms with Crippen LogP contribution in [0.4, 0.5) is 0 Å². The summed E-state index contributed by atoms with van der Waals surface area (Å²) < 4.78 is 28.3. The van der Waals surface area contributed by atoms with Gasteiger partial charge in [0.25, 0.3) is 0 Å². The van der Waals surface area contributed by atoms with Crippen molar-refractivity contribution >= 4 is 10.0 Å². The minimum Gasteiger partial charge on any atom is -0.207 e. The van der Waals surface area contributed by atoms with Gasteiger partial charge in [0.2, 0.25) is 10.0 Å². The molecule has 0 aliphatic heterocycles. The van der Waals surface area contributed by atoms with Crippen molar-refractivity contribution in [2.45, 2.75) is 31.8 Å². The highest BCUT2D eigenvalue weighted by atomic mass is 32.2. The lowest BCUT2D eigenvalue weighted by atomic mass is 10.2. The molecular formula is C22H23NO2S. The summed E-state index contributed by atoms with van der Waals surface area (Å²) in [6.07, 6.45) is 0. The lowest BCUT2D eigenvalue weighted by Crippen LogP contribution is -2.30. The maximum Gasteiger partial charge on any atom is 0.243 e. The number of hydrogen-bond acceptors (Lipinski definition) is 2. The average molecular weight is 365 g/mol. The topological polar surface area (TPSA) is 37.4 Å². The van der Waals surface area contributed by atoms with Gasteiger partial charge in [0.05, 0.1) is 4.90 Å². The second-order valence-electron chi connectivity index (χ2n) is 6.51. The van der Waals surface area contributed by atoms with E-state index in [-0.39, 0.29) is 0 Å². The van der Waals surface area contributed by atoms with Gasteiger partial charge in [-0.15, -0.1) is 0 Å². The molecular weight excluding hydrogens is 342 g/mol. The standard InChI is InChI=1S/C22H23NO2S/c1-18-13-14-22(19(2)15-18)26(24,25)23(16-20-9-5-3-6-10-20)17-21-11-7-4-8-12-21/h3-15H,16-17H2,1-2H3. The van der Waals surface area contributed by atoms with Crippen molar-refractivity contribution in [1.29, 1.82) is 0 Å². The zero-order valence-corrected chi connectivity index (χ0v) is 15.9. The van der Waals surface area contributed by atoms with Gasteiger partial charge in [0.15, 0.2) is 0 Å². The van der Waals surface area contributed by atoms with Crippen molar-refractivity contribution in [1.82, 2.24) is 4.31 Å². The molecule has 0 N–H and O–H groups in total. The maximum atomic E-state index is 13.4. The number of benzene rings is 3. The van der Waals surface area contributed by atoms with E-state index in [0.717, 1.165) is 22.3 Å². The Morgan fingerprint density at radius 1 is 0.731 bits per heavy atom. The van der Waals surface area contributed by atoms with Crippen molar-refractivity contribution < 1.29 is 8.42 Å². The summed E-state index contributed by atoms with van der Waals surface area (Å²) in [5.41, 5.74) is 3.77. The minimum atomic E-state index is -3.61. The molecule has 0 heterocycles. The number of aryl methyl sites for hydroxylation is 2. The molecule has 0 aliphatic rings. The molecule has 0 radical (unpaired) electrons. The highest BCUT2D eigenvalue weighted by Gasteiger charge is 2.26. The van der Waals surface area contributed by atoms with Gasteiger partial charge in [-0.05, 0) is 36.6 Å². The fraction of sp³-hybridized carbons (Fsp3) is 0.182. The van der Waals surface area contributed by atoms with E-state index in [1.54, 1.807) is 10.4 Å². The molecule has 3 nitrogen and oxygen atoms in total. The van der Waals surface area contributed by atoms with Gasteiger partial charge in [-0.2, -0.15) is 4.31 Å². The van der Waals surface area contributed by atoms with Crippen molar-refractivity contribution in [3.05, 3.63) is 101 Å². The summed E-state index contributed by atoms with van der Waals surface area (Å²) in [7, 11) is -3.61. The predicted molar refractivity (Wildman–Crippen MR) is 105 cm³/mol. The van der Waals surface area contributed by atoms with Crippen LogP contribution in [0.15, 0.2) is 83.8 Å². The molecule has 134 valence electrons. The zero-order chi connectivity index (χ0) is 18.6. The van der Waals surface area contributed by atoms with Crippen molar-refractivity contribution in [2.24, 2.45) is 0 Å². The fourth-order valence-electron chi connectivity index (χ4n) is 3.03. The number of hydrogen-bond donors (Lipinski definition) is 0. The summed E-state index contributed by atoms with van der Waals surface area (Å²) in [6.45, 7) is 4.50. The smallest absolute Gasteiger partial charge is 0.207 e. The van der Waals surface area contributed by atoms with E-state index in [4.69, 9.17) is 0 Å². The van der Waals surface area contributed by atoms with Crippen LogP contribution in [0.3, 0.4) is 0 Å². The van der Waals surface area contributed by atoms with Crippen LogP contribution < -0.4 is 0 Å². The normalized spacial score (nSPS) is 11.7. The van der Waals surface area contributed by atoms with Crippen molar-refractivity contribution in [3.8, 4) is 0 Å². The maximum absolute atomic E-state index is 13.4. The third-order valence-corrected chi connectivity index (χ3v) is 6.30. The molecule has 3 aromatic carbocycles. The molecule has 0 atom stereocenters. The van der Waals surface area contributed by atoms with Crippen LogP contribution in [-0.2, 0) is 23.1 Å². The number of sulfonamides is 1. The Balaban J connectivity index is 2.00. The van der Waals surface area contributed by atoms with Crippen LogP contribution in [0.1, 0.15) is 22.3 Å². The molecule has 0 saturated heterocycles. The van der Waals surface area contributed by atoms with Gasteiger partial charge in [-0.25, -0.2) is 8.42 Å². The molecule has 0 amide bonds. The number of rotatable bonds is 6. The second kappa shape index (κ2) is 7.85. The first-order valence-corrected chi connectivity index (χ1v) is 10.1. The first-order valence-electron chi connectivity index (χ1n) is 8.62. The van der Waals surface area contributed by atoms with Crippen LogP contribution in [0, 0.1) is 13.8 Å². The molecule has 26 heavy (non-hydrogen) atoms. The van der Waals surface area contributed by atoms with Crippen LogP contribution >= 0.6 is 0 Å². The second-order valence-corrected chi connectivity index (χ2v) is 8.42. The summed E-state index contributed by atoms with van der Waals surface area (Å²) in [5, 5.41) is 0. The minimum absolute atomic E-state index is 0.339. The Kier molecular flexibility index (Phi) is 5.55. The SMILES string of the molecule is Cc1ccc(S(=O)(=O)N(Cc2ccccc2)Cc2ccccc2)c(C)c1. The first kappa shape index (κ1) is 18.4. The lowest BCUT2D eigenvalue weighted by Gasteiger charge is -2.23. The summed E-state index contributed by atoms with van der Waals surface area (Å²) in [4.78, 5) is 0.370. The first-order chi connectivity index (χ1) is 12.5. The molecule has 0 saturated carbocycles. The van der Waals surface area contributed by atoms with Crippen molar-refractivity contribution in [2.75, 3.05) is 0 Å². The van der Waals surface area contributed by atoms with E-state index >= 15 is 0 Å². The Morgan fingerprint density at radius 2 is 1.23 bits per heavy atom. The Morgan fingerprint density at radius 3 is 1.69 bits per heavy atom. The molecule has 0 fully saturated rings. The van der Waals surface area contributed by atoms with E-state index in [1.807, 2.05) is 86.6 Å².